The van der Waals surface area contributed by atoms with Crippen molar-refractivity contribution in [2.24, 2.45) is 5.92 Å². The van der Waals surface area contributed by atoms with E-state index in [1.165, 1.54) is 0 Å². The number of anilines is 1. The molecule has 0 unspecified atom stereocenters. The van der Waals surface area contributed by atoms with E-state index < -0.39 is 24.1 Å². The zero-order chi connectivity index (χ0) is 21.0. The van der Waals surface area contributed by atoms with Gasteiger partial charge in [0.25, 0.3) is 5.91 Å². The van der Waals surface area contributed by atoms with E-state index in [4.69, 9.17) is 21.4 Å². The number of ether oxygens (including phenoxy) is 1. The lowest BCUT2D eigenvalue weighted by Crippen LogP contribution is -2.49. The van der Waals surface area contributed by atoms with Crippen LogP contribution >= 0.6 is 11.6 Å². The maximum Gasteiger partial charge on any atom is 0.336 e. The van der Waals surface area contributed by atoms with E-state index in [1.807, 2.05) is 36.1 Å². The summed E-state index contributed by atoms with van der Waals surface area (Å²) in [6, 6.07) is 7.71. The zero-order valence-electron chi connectivity index (χ0n) is 16.3. The summed E-state index contributed by atoms with van der Waals surface area (Å²) in [5.41, 5.74) is 1.11. The highest BCUT2D eigenvalue weighted by atomic mass is 35.5. The number of carboxylic acid groups (broad SMARTS) is 1. The Bertz CT molecular complexity index is 749. The molecule has 0 radical (unpaired) electrons. The summed E-state index contributed by atoms with van der Waals surface area (Å²) in [6.45, 7) is 5.29. The molecule has 0 bridgehead atoms. The predicted molar refractivity (Wildman–Crippen MR) is 108 cm³/mol. The van der Waals surface area contributed by atoms with Crippen LogP contribution in [0.15, 0.2) is 24.3 Å². The molecule has 2 aliphatic rings. The Morgan fingerprint density at radius 2 is 1.83 bits per heavy atom. The summed E-state index contributed by atoms with van der Waals surface area (Å²) >= 11 is 5.93. The highest BCUT2D eigenvalue weighted by Gasteiger charge is 2.50. The van der Waals surface area contributed by atoms with Crippen LogP contribution in [0.3, 0.4) is 0 Å². The molecular weight excluding hydrogens is 398 g/mol. The molecule has 3 rings (SSSR count). The first-order valence-electron chi connectivity index (χ1n) is 9.79. The van der Waals surface area contributed by atoms with Gasteiger partial charge in [0.15, 0.2) is 12.2 Å². The zero-order valence-corrected chi connectivity index (χ0v) is 17.1. The topological polar surface area (TPSA) is 102 Å². The summed E-state index contributed by atoms with van der Waals surface area (Å²) in [4.78, 5) is 39.1. The Balaban J connectivity index is 1.33. The quantitative estimate of drug-likeness (QED) is 0.612. The van der Waals surface area contributed by atoms with Crippen LogP contribution in [0.4, 0.5) is 5.69 Å². The minimum absolute atomic E-state index is 0.118. The Hall–Kier alpha value is -2.32. The van der Waals surface area contributed by atoms with Crippen molar-refractivity contribution in [3.05, 3.63) is 29.3 Å². The number of carbonyl (C=O) groups is 3. The van der Waals surface area contributed by atoms with Gasteiger partial charge in [0.2, 0.25) is 5.91 Å². The Morgan fingerprint density at radius 1 is 1.17 bits per heavy atom. The molecule has 2 aliphatic heterocycles. The maximum atomic E-state index is 12.5. The third-order valence-electron chi connectivity index (χ3n) is 5.28. The number of hydrogen-bond acceptors (Lipinski definition) is 5. The lowest BCUT2D eigenvalue weighted by Gasteiger charge is -2.36. The molecule has 29 heavy (non-hydrogen) atoms. The molecular formula is C20H26ClN3O5. The molecule has 3 atom stereocenters. The van der Waals surface area contributed by atoms with Crippen molar-refractivity contribution < 1.29 is 24.2 Å². The van der Waals surface area contributed by atoms with E-state index in [0.29, 0.717) is 37.5 Å². The lowest BCUT2D eigenvalue weighted by molar-refractivity contribution is -0.138. The molecule has 2 amide bonds. The van der Waals surface area contributed by atoms with E-state index >= 15 is 0 Å². The molecule has 1 aromatic rings. The number of epoxide rings is 1. The van der Waals surface area contributed by atoms with Crippen molar-refractivity contribution in [2.45, 2.75) is 32.0 Å². The Kier molecular flexibility index (Phi) is 6.97. The monoisotopic (exact) mass is 423 g/mol. The van der Waals surface area contributed by atoms with Crippen molar-refractivity contribution in [3.8, 4) is 0 Å². The molecule has 0 saturated carbocycles. The molecule has 2 heterocycles. The lowest BCUT2D eigenvalue weighted by atomic mass is 10.0. The Morgan fingerprint density at radius 3 is 2.41 bits per heavy atom. The van der Waals surface area contributed by atoms with Crippen LogP contribution in [0.1, 0.15) is 19.8 Å². The van der Waals surface area contributed by atoms with E-state index in [0.717, 1.165) is 18.8 Å². The molecule has 2 fully saturated rings. The number of halogens is 1. The molecule has 8 nitrogen and oxygen atoms in total. The van der Waals surface area contributed by atoms with Crippen molar-refractivity contribution in [3.63, 3.8) is 0 Å². The smallest absolute Gasteiger partial charge is 0.336 e. The second-order valence-electron chi connectivity index (χ2n) is 7.55. The number of nitrogens with one attached hydrogen (secondary N) is 1. The van der Waals surface area contributed by atoms with Gasteiger partial charge < -0.3 is 25.0 Å². The number of carboxylic acids is 1. The number of rotatable bonds is 8. The summed E-state index contributed by atoms with van der Waals surface area (Å²) in [5.74, 6) is -1.29. The number of aliphatic carboxylic acids is 1. The molecule has 1 aromatic carbocycles. The highest BCUT2D eigenvalue weighted by molar-refractivity contribution is 6.30. The number of amides is 2. The fourth-order valence-corrected chi connectivity index (χ4v) is 3.56. The standard InChI is InChI=1S/C20H26ClN3O5/c1-13(6-7-22-19(26)17-18(29-17)20(27)28)12-16(25)24-10-8-23(9-11-24)15-4-2-14(21)3-5-15/h2-5,13,17-18H,6-12H2,1H3,(H,22,26)(H,27,28)/t13-,17-,18-/m0/s1. The molecule has 2 saturated heterocycles. The van der Waals surface area contributed by atoms with Gasteiger partial charge in [-0.25, -0.2) is 4.79 Å². The van der Waals surface area contributed by atoms with Gasteiger partial charge in [-0.05, 0) is 36.6 Å². The molecule has 9 heteroatoms. The largest absolute Gasteiger partial charge is 0.479 e. The van der Waals surface area contributed by atoms with Crippen LogP contribution in [-0.2, 0) is 19.1 Å². The number of carbonyl (C=O) groups excluding carboxylic acids is 2. The van der Waals surface area contributed by atoms with Crippen LogP contribution in [-0.4, -0.2) is 72.7 Å². The number of piperazine rings is 1. The van der Waals surface area contributed by atoms with Crippen LogP contribution in [0.2, 0.25) is 5.02 Å². The van der Waals surface area contributed by atoms with E-state index in [2.05, 4.69) is 10.2 Å². The van der Waals surface area contributed by atoms with Crippen LogP contribution in [0, 0.1) is 5.92 Å². The normalized spacial score (nSPS) is 22.1. The van der Waals surface area contributed by atoms with Gasteiger partial charge in [0.1, 0.15) is 0 Å². The first-order chi connectivity index (χ1) is 13.8. The summed E-state index contributed by atoms with van der Waals surface area (Å²) in [7, 11) is 0. The van der Waals surface area contributed by atoms with Gasteiger partial charge >= 0.3 is 5.97 Å². The molecule has 2 N–H and O–H groups in total. The van der Waals surface area contributed by atoms with Gasteiger partial charge in [-0.15, -0.1) is 0 Å². The fraction of sp³-hybridized carbons (Fsp3) is 0.550. The second-order valence-corrected chi connectivity index (χ2v) is 7.99. The molecule has 0 aromatic heterocycles. The third-order valence-corrected chi connectivity index (χ3v) is 5.53. The highest BCUT2D eigenvalue weighted by Crippen LogP contribution is 2.22. The SMILES string of the molecule is C[C@@H](CCNC(=O)[C@H]1O[C@@H]1C(=O)O)CC(=O)N1CCN(c2ccc(Cl)cc2)CC1. The van der Waals surface area contributed by atoms with Gasteiger partial charge in [-0.3, -0.25) is 9.59 Å². The maximum absolute atomic E-state index is 12.5. The Labute approximate surface area is 174 Å². The number of nitrogens with zero attached hydrogens (tertiary/aromatic N) is 2. The van der Waals surface area contributed by atoms with Gasteiger partial charge in [-0.1, -0.05) is 18.5 Å². The van der Waals surface area contributed by atoms with Crippen LogP contribution in [0.5, 0.6) is 0 Å². The molecule has 0 spiro atoms. The van der Waals surface area contributed by atoms with Gasteiger partial charge in [-0.2, -0.15) is 0 Å². The summed E-state index contributed by atoms with van der Waals surface area (Å²) < 4.78 is 4.81. The minimum atomic E-state index is -1.12. The second kappa shape index (κ2) is 9.45. The first-order valence-corrected chi connectivity index (χ1v) is 10.2. The number of benzene rings is 1. The summed E-state index contributed by atoms with van der Waals surface area (Å²) in [6.07, 6.45) is -0.844. The van der Waals surface area contributed by atoms with Crippen LogP contribution < -0.4 is 10.2 Å². The average Bonchev–Trinajstić information content (AvgIpc) is 3.50. The van der Waals surface area contributed by atoms with Crippen molar-refractivity contribution in [1.82, 2.24) is 10.2 Å². The number of hydrogen-bond donors (Lipinski definition) is 2. The fourth-order valence-electron chi connectivity index (χ4n) is 3.44. The third kappa shape index (κ3) is 5.83. The minimum Gasteiger partial charge on any atom is -0.479 e. The summed E-state index contributed by atoms with van der Waals surface area (Å²) in [5, 5.41) is 12.1. The van der Waals surface area contributed by atoms with Crippen molar-refractivity contribution in [1.29, 1.82) is 0 Å². The van der Waals surface area contributed by atoms with Crippen LogP contribution in [0.25, 0.3) is 0 Å². The van der Waals surface area contributed by atoms with E-state index in [1.54, 1.807) is 0 Å². The van der Waals surface area contributed by atoms with Gasteiger partial charge in [0.05, 0.1) is 0 Å². The first kappa shape index (κ1) is 21.4. The average molecular weight is 424 g/mol. The van der Waals surface area contributed by atoms with Crippen molar-refractivity contribution in [2.75, 3.05) is 37.6 Å². The molecule has 158 valence electrons. The predicted octanol–water partition coefficient (Wildman–Crippen LogP) is 1.37. The van der Waals surface area contributed by atoms with Gasteiger partial charge in [0, 0.05) is 49.9 Å². The van der Waals surface area contributed by atoms with Crippen molar-refractivity contribution >= 4 is 35.1 Å². The van der Waals surface area contributed by atoms with E-state index in [9.17, 15) is 14.4 Å². The molecule has 0 aliphatic carbocycles. The van der Waals surface area contributed by atoms with E-state index in [-0.39, 0.29) is 11.8 Å².